The second-order valence-electron chi connectivity index (χ2n) is 7.07. The number of sulfonamides is 1. The smallest absolute Gasteiger partial charge is 0.257 e. The van der Waals surface area contributed by atoms with Crippen LogP contribution in [0.1, 0.15) is 5.01 Å². The lowest BCUT2D eigenvalue weighted by atomic mass is 10.1. The number of benzene rings is 2. The van der Waals surface area contributed by atoms with Gasteiger partial charge in [-0.1, -0.05) is 23.9 Å². The van der Waals surface area contributed by atoms with Gasteiger partial charge < -0.3 is 9.73 Å². The van der Waals surface area contributed by atoms with Crippen LogP contribution in [0, 0.1) is 6.92 Å². The first-order valence-electron chi connectivity index (χ1n) is 9.51. The van der Waals surface area contributed by atoms with Gasteiger partial charge in [-0.05, 0) is 37.3 Å². The fourth-order valence-corrected chi connectivity index (χ4v) is 5.08. The van der Waals surface area contributed by atoms with Crippen LogP contribution in [0.2, 0.25) is 0 Å². The number of carbonyl (C=O) groups is 1. The Morgan fingerprint density at radius 2 is 2.00 bits per heavy atom. The molecule has 4 aromatic rings. The van der Waals surface area contributed by atoms with Gasteiger partial charge in [0.25, 0.3) is 5.22 Å². The standard InChI is InChI=1S/C21H20N4O4S3/c1-13-22-18(11-30-13)14-5-4-6-15(9-14)23-20(26)12-31-21-24-17-10-16(7-8-19(17)29-21)32(27,28)25(2)3/h4-11H,12H2,1-3H3,(H,23,26). The molecule has 11 heteroatoms. The van der Waals surface area contributed by atoms with E-state index in [0.717, 1.165) is 32.3 Å². The molecule has 1 N–H and O–H groups in total. The zero-order valence-electron chi connectivity index (χ0n) is 17.5. The van der Waals surface area contributed by atoms with Crippen molar-refractivity contribution in [1.29, 1.82) is 0 Å². The summed E-state index contributed by atoms with van der Waals surface area (Å²) in [5, 5.41) is 6.12. The summed E-state index contributed by atoms with van der Waals surface area (Å²) in [5.74, 6) is -0.116. The summed E-state index contributed by atoms with van der Waals surface area (Å²) in [5.41, 5.74) is 3.36. The van der Waals surface area contributed by atoms with E-state index in [1.165, 1.54) is 26.2 Å². The van der Waals surface area contributed by atoms with Crippen molar-refractivity contribution in [3.8, 4) is 11.3 Å². The number of oxazole rings is 1. The van der Waals surface area contributed by atoms with Crippen LogP contribution in [-0.4, -0.2) is 48.4 Å². The highest BCUT2D eigenvalue weighted by atomic mass is 32.2. The fraction of sp³-hybridized carbons (Fsp3) is 0.190. The van der Waals surface area contributed by atoms with Crippen LogP contribution in [0.15, 0.2) is 62.4 Å². The molecule has 166 valence electrons. The van der Waals surface area contributed by atoms with Gasteiger partial charge in [0.2, 0.25) is 15.9 Å². The van der Waals surface area contributed by atoms with Crippen LogP contribution >= 0.6 is 23.1 Å². The third-order valence-electron chi connectivity index (χ3n) is 4.51. The molecule has 0 fully saturated rings. The first kappa shape index (κ1) is 22.5. The quantitative estimate of drug-likeness (QED) is 0.388. The number of aryl methyl sites for hydroxylation is 1. The molecular weight excluding hydrogens is 468 g/mol. The van der Waals surface area contributed by atoms with E-state index in [1.54, 1.807) is 17.4 Å². The molecule has 2 heterocycles. The van der Waals surface area contributed by atoms with Crippen molar-refractivity contribution < 1.29 is 17.6 Å². The summed E-state index contributed by atoms with van der Waals surface area (Å²) in [6.45, 7) is 1.95. The lowest BCUT2D eigenvalue weighted by Crippen LogP contribution is -2.22. The van der Waals surface area contributed by atoms with E-state index < -0.39 is 10.0 Å². The summed E-state index contributed by atoms with van der Waals surface area (Å²) >= 11 is 2.71. The second kappa shape index (κ2) is 9.02. The number of hydrogen-bond donors (Lipinski definition) is 1. The van der Waals surface area contributed by atoms with Crippen LogP contribution in [0.5, 0.6) is 0 Å². The molecule has 0 saturated heterocycles. The summed E-state index contributed by atoms with van der Waals surface area (Å²) in [4.78, 5) is 21.3. The Morgan fingerprint density at radius 3 is 2.72 bits per heavy atom. The highest BCUT2D eigenvalue weighted by Crippen LogP contribution is 2.27. The van der Waals surface area contributed by atoms with Crippen molar-refractivity contribution in [3.63, 3.8) is 0 Å². The zero-order valence-corrected chi connectivity index (χ0v) is 20.0. The molecular formula is C21H20N4O4S3. The van der Waals surface area contributed by atoms with Gasteiger partial charge in [0.1, 0.15) is 5.52 Å². The van der Waals surface area contributed by atoms with Crippen molar-refractivity contribution in [2.45, 2.75) is 17.0 Å². The molecule has 0 bridgehead atoms. The minimum absolute atomic E-state index is 0.0930. The van der Waals surface area contributed by atoms with E-state index >= 15 is 0 Å². The van der Waals surface area contributed by atoms with E-state index in [2.05, 4.69) is 15.3 Å². The maximum absolute atomic E-state index is 12.4. The van der Waals surface area contributed by atoms with Gasteiger partial charge >= 0.3 is 0 Å². The molecule has 4 rings (SSSR count). The maximum Gasteiger partial charge on any atom is 0.257 e. The first-order valence-corrected chi connectivity index (χ1v) is 12.8. The molecule has 0 unspecified atom stereocenters. The van der Waals surface area contributed by atoms with Gasteiger partial charge in [0.15, 0.2) is 5.58 Å². The van der Waals surface area contributed by atoms with Crippen molar-refractivity contribution in [3.05, 3.63) is 52.9 Å². The highest BCUT2D eigenvalue weighted by molar-refractivity contribution is 7.99. The molecule has 0 aliphatic heterocycles. The Balaban J connectivity index is 1.42. The van der Waals surface area contributed by atoms with Crippen LogP contribution in [0.3, 0.4) is 0 Å². The molecule has 1 amide bonds. The number of hydrogen-bond acceptors (Lipinski definition) is 8. The number of fused-ring (bicyclic) bond motifs is 1. The van der Waals surface area contributed by atoms with E-state index in [-0.39, 0.29) is 16.6 Å². The Hall–Kier alpha value is -2.73. The van der Waals surface area contributed by atoms with Crippen molar-refractivity contribution in [2.24, 2.45) is 0 Å². The topological polar surface area (TPSA) is 105 Å². The predicted molar refractivity (Wildman–Crippen MR) is 127 cm³/mol. The van der Waals surface area contributed by atoms with Crippen molar-refractivity contribution in [2.75, 3.05) is 25.2 Å². The Kier molecular flexibility index (Phi) is 6.33. The van der Waals surface area contributed by atoms with Gasteiger partial charge in [-0.3, -0.25) is 4.79 Å². The molecule has 32 heavy (non-hydrogen) atoms. The van der Waals surface area contributed by atoms with Gasteiger partial charge in [-0.25, -0.2) is 22.7 Å². The SMILES string of the molecule is Cc1nc(-c2cccc(NC(=O)CSc3nc4cc(S(=O)(=O)N(C)C)ccc4o3)c2)cs1. The second-order valence-corrected chi connectivity index (χ2v) is 11.2. The van der Waals surface area contributed by atoms with Crippen molar-refractivity contribution in [1.82, 2.24) is 14.3 Å². The van der Waals surface area contributed by atoms with Gasteiger partial charge in [-0.2, -0.15) is 0 Å². The average molecular weight is 489 g/mol. The number of amides is 1. The number of anilines is 1. The van der Waals surface area contributed by atoms with E-state index in [4.69, 9.17) is 4.42 Å². The predicted octanol–water partition coefficient (Wildman–Crippen LogP) is 4.24. The summed E-state index contributed by atoms with van der Waals surface area (Å²) in [6, 6.07) is 12.0. The molecule has 2 aromatic carbocycles. The number of nitrogens with one attached hydrogen (secondary N) is 1. The minimum Gasteiger partial charge on any atom is -0.431 e. The number of carbonyl (C=O) groups excluding carboxylic acids is 1. The molecule has 0 radical (unpaired) electrons. The molecule has 0 atom stereocenters. The normalized spacial score (nSPS) is 11.9. The maximum atomic E-state index is 12.4. The van der Waals surface area contributed by atoms with Crippen LogP contribution in [-0.2, 0) is 14.8 Å². The monoisotopic (exact) mass is 488 g/mol. The van der Waals surface area contributed by atoms with Crippen LogP contribution in [0.25, 0.3) is 22.4 Å². The summed E-state index contributed by atoms with van der Waals surface area (Å²) in [7, 11) is -0.629. The molecule has 0 aliphatic carbocycles. The number of thiazole rings is 1. The number of thioether (sulfide) groups is 1. The first-order chi connectivity index (χ1) is 15.2. The fourth-order valence-electron chi connectivity index (χ4n) is 2.90. The molecule has 0 spiro atoms. The lowest BCUT2D eigenvalue weighted by molar-refractivity contribution is -0.113. The van der Waals surface area contributed by atoms with Crippen LogP contribution in [0.4, 0.5) is 5.69 Å². The average Bonchev–Trinajstić information content (AvgIpc) is 3.37. The van der Waals surface area contributed by atoms with Crippen LogP contribution < -0.4 is 5.32 Å². The Morgan fingerprint density at radius 1 is 1.19 bits per heavy atom. The van der Waals surface area contributed by atoms with Gasteiger partial charge in [-0.15, -0.1) is 11.3 Å². The molecule has 2 aromatic heterocycles. The minimum atomic E-state index is -3.56. The number of aromatic nitrogens is 2. The third-order valence-corrected chi connectivity index (χ3v) is 7.92. The number of rotatable bonds is 7. The summed E-state index contributed by atoms with van der Waals surface area (Å²) < 4.78 is 31.4. The molecule has 0 saturated carbocycles. The Labute approximate surface area is 193 Å². The third kappa shape index (κ3) is 4.85. The molecule has 8 nitrogen and oxygen atoms in total. The number of nitrogens with zero attached hydrogens (tertiary/aromatic N) is 3. The van der Waals surface area contributed by atoms with E-state index in [0.29, 0.717) is 22.0 Å². The highest BCUT2D eigenvalue weighted by Gasteiger charge is 2.19. The zero-order chi connectivity index (χ0) is 22.9. The largest absolute Gasteiger partial charge is 0.431 e. The van der Waals surface area contributed by atoms with Gasteiger partial charge in [0, 0.05) is 30.7 Å². The van der Waals surface area contributed by atoms with E-state index in [9.17, 15) is 13.2 Å². The lowest BCUT2D eigenvalue weighted by Gasteiger charge is -2.10. The molecule has 0 aliphatic rings. The Bertz CT molecular complexity index is 1390. The van der Waals surface area contributed by atoms with Gasteiger partial charge in [0.05, 0.1) is 21.3 Å². The summed E-state index contributed by atoms with van der Waals surface area (Å²) in [6.07, 6.45) is 0. The van der Waals surface area contributed by atoms with E-state index in [1.807, 2.05) is 36.6 Å². The van der Waals surface area contributed by atoms with Crippen molar-refractivity contribution >= 4 is 55.8 Å².